The Morgan fingerprint density at radius 3 is 2.94 bits per heavy atom. The monoisotopic (exact) mass is 262 g/mol. The topological polar surface area (TPSA) is 34.1 Å². The molecule has 1 aromatic heterocycles. The number of aryl methyl sites for hydroxylation is 2. The highest BCUT2D eigenvalue weighted by Gasteiger charge is 2.16. The molecule has 0 amide bonds. The van der Waals surface area contributed by atoms with E-state index in [9.17, 15) is 0 Å². The fourth-order valence-electron chi connectivity index (χ4n) is 2.34. The van der Waals surface area contributed by atoms with E-state index in [2.05, 4.69) is 36.3 Å². The fraction of sp³-hybridized carbons (Fsp3) is 0.500. The van der Waals surface area contributed by atoms with Crippen molar-refractivity contribution >= 4 is 26.7 Å². The van der Waals surface area contributed by atoms with Crippen molar-refractivity contribution in [3.63, 3.8) is 0 Å². The van der Waals surface area contributed by atoms with Gasteiger partial charge in [0.05, 0.1) is 16.3 Å². The second-order valence-electron chi connectivity index (χ2n) is 4.91. The molecular weight excluding hydrogens is 244 g/mol. The van der Waals surface area contributed by atoms with Gasteiger partial charge in [0, 0.05) is 13.2 Å². The Kier molecular flexibility index (Phi) is 3.22. The quantitative estimate of drug-likeness (QED) is 0.919. The maximum absolute atomic E-state index is 5.61. The second-order valence-corrected chi connectivity index (χ2v) is 5.91. The summed E-state index contributed by atoms with van der Waals surface area (Å²) in [6, 6.07) is 4.31. The first-order valence-electron chi connectivity index (χ1n) is 6.46. The molecule has 1 saturated heterocycles. The van der Waals surface area contributed by atoms with Crippen molar-refractivity contribution in [1.82, 2.24) is 4.98 Å². The minimum absolute atomic E-state index is 0.360. The van der Waals surface area contributed by atoms with Crippen LogP contribution in [0.1, 0.15) is 24.0 Å². The van der Waals surface area contributed by atoms with Gasteiger partial charge < -0.3 is 10.1 Å². The summed E-state index contributed by atoms with van der Waals surface area (Å²) in [6.45, 7) is 6.04. The van der Waals surface area contributed by atoms with Crippen LogP contribution in [0.3, 0.4) is 0 Å². The lowest BCUT2D eigenvalue weighted by atomic mass is 10.1. The van der Waals surface area contributed by atoms with Crippen LogP contribution in [0.2, 0.25) is 0 Å². The summed E-state index contributed by atoms with van der Waals surface area (Å²) in [5.74, 6) is 0. The zero-order valence-electron chi connectivity index (χ0n) is 10.8. The van der Waals surface area contributed by atoms with Crippen LogP contribution in [0, 0.1) is 13.8 Å². The Morgan fingerprint density at radius 1 is 1.39 bits per heavy atom. The number of hydrogen-bond acceptors (Lipinski definition) is 4. The van der Waals surface area contributed by atoms with Crippen molar-refractivity contribution in [2.45, 2.75) is 32.8 Å². The molecule has 18 heavy (non-hydrogen) atoms. The smallest absolute Gasteiger partial charge is 0.183 e. The van der Waals surface area contributed by atoms with Crippen molar-refractivity contribution in [1.29, 1.82) is 0 Å². The first kappa shape index (κ1) is 11.9. The Morgan fingerprint density at radius 2 is 2.22 bits per heavy atom. The molecule has 1 fully saturated rings. The first-order valence-corrected chi connectivity index (χ1v) is 7.28. The van der Waals surface area contributed by atoms with Gasteiger partial charge in [-0.25, -0.2) is 4.98 Å². The highest BCUT2D eigenvalue weighted by Crippen LogP contribution is 2.31. The molecule has 0 bridgehead atoms. The van der Waals surface area contributed by atoms with Crippen LogP contribution in [-0.4, -0.2) is 24.2 Å². The van der Waals surface area contributed by atoms with Crippen LogP contribution in [0.25, 0.3) is 10.2 Å². The largest absolute Gasteiger partial charge is 0.376 e. The maximum atomic E-state index is 5.61. The summed E-state index contributed by atoms with van der Waals surface area (Å²) in [5, 5.41) is 4.42. The van der Waals surface area contributed by atoms with Gasteiger partial charge in [-0.3, -0.25) is 0 Å². The van der Waals surface area contributed by atoms with Crippen LogP contribution in [0.5, 0.6) is 0 Å². The average molecular weight is 262 g/mol. The molecule has 0 radical (unpaired) electrons. The predicted octanol–water partition coefficient (Wildman–Crippen LogP) is 3.50. The first-order chi connectivity index (χ1) is 8.74. The van der Waals surface area contributed by atoms with Crippen molar-refractivity contribution in [2.24, 2.45) is 0 Å². The summed E-state index contributed by atoms with van der Waals surface area (Å²) in [5.41, 5.74) is 3.69. The Labute approximate surface area is 111 Å². The molecule has 1 aliphatic rings. The summed E-state index contributed by atoms with van der Waals surface area (Å²) in [4.78, 5) is 4.69. The molecule has 1 aromatic carbocycles. The van der Waals surface area contributed by atoms with E-state index >= 15 is 0 Å². The van der Waals surface area contributed by atoms with Crippen molar-refractivity contribution in [2.75, 3.05) is 18.5 Å². The molecule has 4 heteroatoms. The lowest BCUT2D eigenvalue weighted by Gasteiger charge is -2.08. The minimum Gasteiger partial charge on any atom is -0.376 e. The molecule has 2 heterocycles. The van der Waals surface area contributed by atoms with Gasteiger partial charge in [-0.1, -0.05) is 23.5 Å². The summed E-state index contributed by atoms with van der Waals surface area (Å²) < 4.78 is 6.91. The van der Waals surface area contributed by atoms with Gasteiger partial charge in [0.25, 0.3) is 0 Å². The summed E-state index contributed by atoms with van der Waals surface area (Å²) in [7, 11) is 0. The maximum Gasteiger partial charge on any atom is 0.183 e. The van der Waals surface area contributed by atoms with Crippen LogP contribution in [0.4, 0.5) is 5.13 Å². The van der Waals surface area contributed by atoms with Gasteiger partial charge in [-0.2, -0.15) is 0 Å². The van der Waals surface area contributed by atoms with E-state index in [0.717, 1.165) is 30.2 Å². The van der Waals surface area contributed by atoms with Gasteiger partial charge in [0.15, 0.2) is 5.13 Å². The van der Waals surface area contributed by atoms with Crippen molar-refractivity contribution in [3.05, 3.63) is 23.3 Å². The normalized spacial score (nSPS) is 19.6. The van der Waals surface area contributed by atoms with Crippen LogP contribution >= 0.6 is 11.3 Å². The zero-order valence-corrected chi connectivity index (χ0v) is 11.6. The number of ether oxygens (including phenoxy) is 1. The van der Waals surface area contributed by atoms with E-state index in [1.807, 2.05) is 0 Å². The number of benzene rings is 1. The molecule has 1 aliphatic heterocycles. The minimum atomic E-state index is 0.360. The molecule has 0 aliphatic carbocycles. The third-order valence-electron chi connectivity index (χ3n) is 3.45. The number of hydrogen-bond donors (Lipinski definition) is 1. The molecule has 0 unspecified atom stereocenters. The highest BCUT2D eigenvalue weighted by atomic mass is 32.1. The third kappa shape index (κ3) is 2.22. The van der Waals surface area contributed by atoms with Crippen LogP contribution in [-0.2, 0) is 4.74 Å². The number of nitrogens with zero attached hydrogens (tertiary/aromatic N) is 1. The lowest BCUT2D eigenvalue weighted by molar-refractivity contribution is 0.120. The second kappa shape index (κ2) is 4.86. The van der Waals surface area contributed by atoms with Gasteiger partial charge in [-0.15, -0.1) is 0 Å². The number of fused-ring (bicyclic) bond motifs is 1. The van der Waals surface area contributed by atoms with E-state index < -0.39 is 0 Å². The van der Waals surface area contributed by atoms with E-state index in [4.69, 9.17) is 4.74 Å². The zero-order chi connectivity index (χ0) is 12.5. The van der Waals surface area contributed by atoms with Crippen LogP contribution < -0.4 is 5.32 Å². The molecule has 0 saturated carbocycles. The van der Waals surface area contributed by atoms with Crippen molar-refractivity contribution in [3.8, 4) is 0 Å². The van der Waals surface area contributed by atoms with Crippen LogP contribution in [0.15, 0.2) is 12.1 Å². The number of nitrogens with one attached hydrogen (secondary N) is 1. The molecule has 1 atom stereocenters. The fourth-order valence-corrected chi connectivity index (χ4v) is 3.36. The number of anilines is 1. The van der Waals surface area contributed by atoms with Gasteiger partial charge in [0.2, 0.25) is 0 Å². The molecule has 1 N–H and O–H groups in total. The Bertz CT molecular complexity index is 519. The van der Waals surface area contributed by atoms with E-state index in [1.165, 1.54) is 22.2 Å². The predicted molar refractivity (Wildman–Crippen MR) is 76.6 cm³/mol. The Balaban J connectivity index is 1.80. The molecule has 96 valence electrons. The Hall–Kier alpha value is -1.13. The highest BCUT2D eigenvalue weighted by molar-refractivity contribution is 7.22. The van der Waals surface area contributed by atoms with Gasteiger partial charge >= 0.3 is 0 Å². The van der Waals surface area contributed by atoms with E-state index in [0.29, 0.717) is 6.10 Å². The van der Waals surface area contributed by atoms with E-state index in [1.54, 1.807) is 11.3 Å². The lowest BCUT2D eigenvalue weighted by Crippen LogP contribution is -2.18. The van der Waals surface area contributed by atoms with Gasteiger partial charge in [-0.05, 0) is 37.8 Å². The number of rotatable bonds is 3. The summed E-state index contributed by atoms with van der Waals surface area (Å²) in [6.07, 6.45) is 2.71. The average Bonchev–Trinajstić information content (AvgIpc) is 3.00. The molecule has 3 rings (SSSR count). The molecule has 3 nitrogen and oxygen atoms in total. The number of thiazole rings is 1. The molecular formula is C14H18N2OS. The van der Waals surface area contributed by atoms with Gasteiger partial charge in [0.1, 0.15) is 0 Å². The molecule has 0 spiro atoms. The SMILES string of the molecule is Cc1ccc(C)c2sc(NC[C@@H]3CCCO3)nc12. The van der Waals surface area contributed by atoms with E-state index in [-0.39, 0.29) is 0 Å². The standard InChI is InChI=1S/C14H18N2OS/c1-9-5-6-10(2)13-12(9)16-14(18-13)15-8-11-4-3-7-17-11/h5-6,11H,3-4,7-8H2,1-2H3,(H,15,16)/t11-/m0/s1. The number of aromatic nitrogens is 1. The molecule has 2 aromatic rings. The summed E-state index contributed by atoms with van der Waals surface area (Å²) >= 11 is 1.74. The van der Waals surface area contributed by atoms with Crippen molar-refractivity contribution < 1.29 is 4.74 Å². The third-order valence-corrected chi connectivity index (χ3v) is 4.60.